The van der Waals surface area contributed by atoms with E-state index >= 15 is 0 Å². The standard InChI is InChI=1S/C12H23NO3/c14-11-4-3-6-13(10-11)7-9-16-12-5-1-2-8-15-12/h11-12,14H,1-10H2. The van der Waals surface area contributed by atoms with Crippen molar-refractivity contribution in [2.45, 2.75) is 44.5 Å². The monoisotopic (exact) mass is 229 g/mol. The molecule has 0 aromatic rings. The fourth-order valence-electron chi connectivity index (χ4n) is 2.39. The molecule has 0 spiro atoms. The summed E-state index contributed by atoms with van der Waals surface area (Å²) in [6.45, 7) is 4.36. The number of β-amino-alcohol motifs (C(OH)–C–C–N with tert-alkyl or cyclic N) is 1. The molecule has 2 fully saturated rings. The third kappa shape index (κ3) is 4.01. The Hall–Kier alpha value is -0.160. The van der Waals surface area contributed by atoms with Crippen LogP contribution in [0.15, 0.2) is 0 Å². The first-order valence-electron chi connectivity index (χ1n) is 6.48. The molecule has 0 radical (unpaired) electrons. The number of aliphatic hydroxyl groups excluding tert-OH is 1. The minimum Gasteiger partial charge on any atom is -0.392 e. The van der Waals surface area contributed by atoms with Crippen LogP contribution in [-0.4, -0.2) is 55.2 Å². The molecule has 4 nitrogen and oxygen atoms in total. The van der Waals surface area contributed by atoms with Gasteiger partial charge in [0.25, 0.3) is 0 Å². The van der Waals surface area contributed by atoms with Gasteiger partial charge in [-0.15, -0.1) is 0 Å². The smallest absolute Gasteiger partial charge is 0.157 e. The van der Waals surface area contributed by atoms with Crippen LogP contribution in [0.1, 0.15) is 32.1 Å². The Morgan fingerprint density at radius 3 is 2.94 bits per heavy atom. The molecule has 2 saturated heterocycles. The summed E-state index contributed by atoms with van der Waals surface area (Å²) in [5, 5.41) is 9.52. The van der Waals surface area contributed by atoms with Crippen LogP contribution in [0, 0.1) is 0 Å². The molecule has 2 aliphatic rings. The van der Waals surface area contributed by atoms with Gasteiger partial charge in [-0.3, -0.25) is 4.90 Å². The summed E-state index contributed by atoms with van der Waals surface area (Å²) in [4.78, 5) is 2.27. The zero-order valence-electron chi connectivity index (χ0n) is 9.94. The minimum atomic E-state index is -0.139. The van der Waals surface area contributed by atoms with Crippen molar-refractivity contribution < 1.29 is 14.6 Å². The van der Waals surface area contributed by atoms with Crippen LogP contribution in [0.2, 0.25) is 0 Å². The topological polar surface area (TPSA) is 41.9 Å². The Balaban J connectivity index is 1.56. The summed E-state index contributed by atoms with van der Waals surface area (Å²) < 4.78 is 11.2. The van der Waals surface area contributed by atoms with Crippen molar-refractivity contribution in [3.05, 3.63) is 0 Å². The molecule has 0 aromatic carbocycles. The van der Waals surface area contributed by atoms with Gasteiger partial charge in [0.05, 0.1) is 12.7 Å². The average molecular weight is 229 g/mol. The molecular weight excluding hydrogens is 206 g/mol. The molecule has 4 heteroatoms. The summed E-state index contributed by atoms with van der Waals surface area (Å²) in [5.74, 6) is 0. The van der Waals surface area contributed by atoms with Crippen molar-refractivity contribution in [1.82, 2.24) is 4.90 Å². The molecule has 2 unspecified atom stereocenters. The van der Waals surface area contributed by atoms with E-state index in [-0.39, 0.29) is 12.4 Å². The number of ether oxygens (including phenoxy) is 2. The van der Waals surface area contributed by atoms with Crippen molar-refractivity contribution in [2.24, 2.45) is 0 Å². The molecule has 2 atom stereocenters. The summed E-state index contributed by atoms with van der Waals surface area (Å²) in [7, 11) is 0. The van der Waals surface area contributed by atoms with Crippen molar-refractivity contribution >= 4 is 0 Å². The highest BCUT2D eigenvalue weighted by molar-refractivity contribution is 4.71. The van der Waals surface area contributed by atoms with Gasteiger partial charge in [-0.2, -0.15) is 0 Å². The van der Waals surface area contributed by atoms with E-state index in [9.17, 15) is 5.11 Å². The molecule has 0 amide bonds. The first kappa shape index (κ1) is 12.3. The van der Waals surface area contributed by atoms with E-state index in [1.165, 1.54) is 6.42 Å². The van der Waals surface area contributed by atoms with Crippen molar-refractivity contribution in [3.63, 3.8) is 0 Å². The Morgan fingerprint density at radius 2 is 2.19 bits per heavy atom. The largest absolute Gasteiger partial charge is 0.392 e. The second kappa shape index (κ2) is 6.55. The zero-order valence-corrected chi connectivity index (χ0v) is 9.94. The second-order valence-corrected chi connectivity index (χ2v) is 4.76. The highest BCUT2D eigenvalue weighted by Gasteiger charge is 2.18. The zero-order chi connectivity index (χ0) is 11.2. The molecule has 2 rings (SSSR count). The lowest BCUT2D eigenvalue weighted by molar-refractivity contribution is -0.165. The van der Waals surface area contributed by atoms with Gasteiger partial charge in [-0.25, -0.2) is 0 Å². The Kier molecular flexibility index (Phi) is 5.03. The van der Waals surface area contributed by atoms with E-state index in [4.69, 9.17) is 9.47 Å². The van der Waals surface area contributed by atoms with Crippen molar-refractivity contribution in [3.8, 4) is 0 Å². The maximum atomic E-state index is 9.52. The van der Waals surface area contributed by atoms with E-state index in [1.54, 1.807) is 0 Å². The van der Waals surface area contributed by atoms with Gasteiger partial charge >= 0.3 is 0 Å². The summed E-state index contributed by atoms with van der Waals surface area (Å²) in [5.41, 5.74) is 0. The van der Waals surface area contributed by atoms with Gasteiger partial charge in [-0.1, -0.05) is 0 Å². The summed E-state index contributed by atoms with van der Waals surface area (Å²) in [6, 6.07) is 0. The number of nitrogens with zero attached hydrogens (tertiary/aromatic N) is 1. The maximum Gasteiger partial charge on any atom is 0.157 e. The molecule has 0 bridgehead atoms. The van der Waals surface area contributed by atoms with Gasteiger partial charge in [0, 0.05) is 19.7 Å². The fraction of sp³-hybridized carbons (Fsp3) is 1.00. The molecule has 0 saturated carbocycles. The average Bonchev–Trinajstić information content (AvgIpc) is 2.30. The van der Waals surface area contributed by atoms with Crippen LogP contribution in [0.3, 0.4) is 0 Å². The molecular formula is C12H23NO3. The lowest BCUT2D eigenvalue weighted by Gasteiger charge is -2.30. The van der Waals surface area contributed by atoms with Crippen LogP contribution < -0.4 is 0 Å². The van der Waals surface area contributed by atoms with Crippen LogP contribution in [0.4, 0.5) is 0 Å². The first-order chi connectivity index (χ1) is 7.84. The molecule has 2 aliphatic heterocycles. The van der Waals surface area contributed by atoms with Gasteiger partial charge in [0.15, 0.2) is 6.29 Å². The SMILES string of the molecule is OC1CCCN(CCOC2CCCCO2)C1. The Morgan fingerprint density at radius 1 is 1.25 bits per heavy atom. The first-order valence-corrected chi connectivity index (χ1v) is 6.48. The van der Waals surface area contributed by atoms with E-state index in [2.05, 4.69) is 4.90 Å². The number of hydrogen-bond acceptors (Lipinski definition) is 4. The predicted molar refractivity (Wildman–Crippen MR) is 61.2 cm³/mol. The van der Waals surface area contributed by atoms with E-state index in [1.807, 2.05) is 0 Å². The molecule has 16 heavy (non-hydrogen) atoms. The Bertz CT molecular complexity index is 195. The minimum absolute atomic E-state index is 0.0171. The van der Waals surface area contributed by atoms with Gasteiger partial charge in [0.1, 0.15) is 0 Å². The molecule has 1 N–H and O–H groups in total. The van der Waals surface area contributed by atoms with Crippen LogP contribution in [-0.2, 0) is 9.47 Å². The van der Waals surface area contributed by atoms with Crippen molar-refractivity contribution in [1.29, 1.82) is 0 Å². The summed E-state index contributed by atoms with van der Waals surface area (Å²) in [6.07, 6.45) is 5.33. The quantitative estimate of drug-likeness (QED) is 0.780. The number of rotatable bonds is 4. The Labute approximate surface area is 97.5 Å². The van der Waals surface area contributed by atoms with Crippen molar-refractivity contribution in [2.75, 3.05) is 32.8 Å². The van der Waals surface area contributed by atoms with Gasteiger partial charge in [0.2, 0.25) is 0 Å². The lowest BCUT2D eigenvalue weighted by Crippen LogP contribution is -2.40. The third-order valence-electron chi connectivity index (χ3n) is 3.33. The maximum absolute atomic E-state index is 9.52. The van der Waals surface area contributed by atoms with Crippen LogP contribution in [0.5, 0.6) is 0 Å². The number of piperidine rings is 1. The molecule has 2 heterocycles. The lowest BCUT2D eigenvalue weighted by atomic mass is 10.1. The number of likely N-dealkylation sites (tertiary alicyclic amines) is 1. The number of hydrogen-bond donors (Lipinski definition) is 1. The third-order valence-corrected chi connectivity index (χ3v) is 3.33. The predicted octanol–water partition coefficient (Wildman–Crippen LogP) is 0.986. The molecule has 0 aliphatic carbocycles. The van der Waals surface area contributed by atoms with Crippen LogP contribution >= 0.6 is 0 Å². The second-order valence-electron chi connectivity index (χ2n) is 4.76. The van der Waals surface area contributed by atoms with E-state index in [0.29, 0.717) is 0 Å². The molecule has 0 aromatic heterocycles. The highest BCUT2D eigenvalue weighted by Crippen LogP contribution is 2.14. The van der Waals surface area contributed by atoms with E-state index < -0.39 is 0 Å². The van der Waals surface area contributed by atoms with Crippen LogP contribution in [0.25, 0.3) is 0 Å². The fourth-order valence-corrected chi connectivity index (χ4v) is 2.39. The van der Waals surface area contributed by atoms with E-state index in [0.717, 1.165) is 58.5 Å². The molecule has 94 valence electrons. The summed E-state index contributed by atoms with van der Waals surface area (Å²) >= 11 is 0. The van der Waals surface area contributed by atoms with Gasteiger partial charge in [-0.05, 0) is 38.6 Å². The normalized spacial score (nSPS) is 32.8. The highest BCUT2D eigenvalue weighted by atomic mass is 16.7. The number of aliphatic hydroxyl groups is 1. The van der Waals surface area contributed by atoms with Gasteiger partial charge < -0.3 is 14.6 Å².